The summed E-state index contributed by atoms with van der Waals surface area (Å²) < 4.78 is 14.1. The number of methoxy groups -OCH3 is 3. The highest BCUT2D eigenvalue weighted by Crippen LogP contribution is 2.33. The molecule has 0 aliphatic heterocycles. The molecular weight excluding hydrogens is 322 g/mol. The number of carbonyl (C=O) groups is 3. The Bertz CT molecular complexity index is 767. The summed E-state index contributed by atoms with van der Waals surface area (Å²) in [6.45, 7) is 0. The molecule has 0 spiro atoms. The van der Waals surface area contributed by atoms with Crippen LogP contribution in [-0.2, 0) is 19.0 Å². The van der Waals surface area contributed by atoms with Crippen molar-refractivity contribution in [3.63, 3.8) is 0 Å². The third kappa shape index (κ3) is 3.31. The van der Waals surface area contributed by atoms with Gasteiger partial charge < -0.3 is 19.2 Å². The Kier molecular flexibility index (Phi) is 5.28. The summed E-state index contributed by atoms with van der Waals surface area (Å²) in [6.07, 6.45) is 1.64. The first-order valence-corrected chi connectivity index (χ1v) is 7.52. The van der Waals surface area contributed by atoms with Crippen molar-refractivity contribution in [1.29, 1.82) is 0 Å². The molecule has 1 aromatic carbocycles. The number of thioether (sulfide) groups is 1. The van der Waals surface area contributed by atoms with Gasteiger partial charge in [0.25, 0.3) is 0 Å². The number of hydrogen-bond acceptors (Lipinski definition) is 7. The number of aromatic nitrogens is 1. The van der Waals surface area contributed by atoms with E-state index in [1.807, 2.05) is 0 Å². The number of esters is 3. The molecule has 2 rings (SSSR count). The molecule has 0 fully saturated rings. The van der Waals surface area contributed by atoms with E-state index in [9.17, 15) is 14.4 Å². The number of fused-ring (bicyclic) bond motifs is 1. The fourth-order valence-corrected chi connectivity index (χ4v) is 3.02. The number of H-pyrrole nitrogens is 1. The van der Waals surface area contributed by atoms with E-state index in [4.69, 9.17) is 9.47 Å². The summed E-state index contributed by atoms with van der Waals surface area (Å²) in [7, 11) is 3.76. The van der Waals surface area contributed by atoms with Crippen molar-refractivity contribution in [2.45, 2.75) is 4.90 Å². The van der Waals surface area contributed by atoms with Gasteiger partial charge >= 0.3 is 17.9 Å². The van der Waals surface area contributed by atoms with Crippen LogP contribution < -0.4 is 0 Å². The topological polar surface area (TPSA) is 94.7 Å². The Hall–Kier alpha value is -2.48. The molecule has 0 saturated heterocycles. The molecule has 7 nitrogen and oxygen atoms in total. The standard InChI is InChI=1S/C15H15NO6S/c1-20-11(17)7-23-10-6-9(14(18)21-2)12(15(19)22-3)13-8(10)4-5-16-13/h4-6,16H,7H2,1-3H3. The molecule has 0 amide bonds. The van der Waals surface area contributed by atoms with Crippen LogP contribution in [0.15, 0.2) is 23.2 Å². The lowest BCUT2D eigenvalue weighted by atomic mass is 10.0. The quantitative estimate of drug-likeness (QED) is 0.506. The van der Waals surface area contributed by atoms with Gasteiger partial charge in [0.05, 0.1) is 43.7 Å². The van der Waals surface area contributed by atoms with Crippen molar-refractivity contribution in [3.05, 3.63) is 29.5 Å². The van der Waals surface area contributed by atoms with Gasteiger partial charge in [-0.1, -0.05) is 0 Å². The molecule has 0 bridgehead atoms. The van der Waals surface area contributed by atoms with Gasteiger partial charge in [-0.15, -0.1) is 11.8 Å². The minimum atomic E-state index is -0.665. The minimum Gasteiger partial charge on any atom is -0.468 e. The van der Waals surface area contributed by atoms with Crippen LogP contribution >= 0.6 is 11.8 Å². The highest BCUT2D eigenvalue weighted by molar-refractivity contribution is 8.00. The number of hydrogen-bond donors (Lipinski definition) is 1. The number of carbonyl (C=O) groups excluding carboxylic acids is 3. The van der Waals surface area contributed by atoms with E-state index >= 15 is 0 Å². The van der Waals surface area contributed by atoms with Crippen LogP contribution in [0.25, 0.3) is 10.9 Å². The third-order valence-electron chi connectivity index (χ3n) is 3.18. The van der Waals surface area contributed by atoms with Gasteiger partial charge in [-0.2, -0.15) is 0 Å². The molecule has 8 heteroatoms. The number of rotatable bonds is 5. The Morgan fingerprint density at radius 3 is 2.39 bits per heavy atom. The lowest BCUT2D eigenvalue weighted by Crippen LogP contribution is -2.13. The van der Waals surface area contributed by atoms with Crippen LogP contribution in [-0.4, -0.2) is 50.0 Å². The zero-order valence-electron chi connectivity index (χ0n) is 12.8. The highest BCUT2D eigenvalue weighted by Gasteiger charge is 2.24. The van der Waals surface area contributed by atoms with Crippen LogP contribution in [0, 0.1) is 0 Å². The van der Waals surface area contributed by atoms with Gasteiger partial charge in [0.1, 0.15) is 0 Å². The van der Waals surface area contributed by atoms with Gasteiger partial charge in [-0.25, -0.2) is 9.59 Å². The smallest absolute Gasteiger partial charge is 0.340 e. The molecule has 0 aliphatic carbocycles. The zero-order chi connectivity index (χ0) is 17.0. The van der Waals surface area contributed by atoms with Crippen LogP contribution in [0.1, 0.15) is 20.7 Å². The monoisotopic (exact) mass is 337 g/mol. The van der Waals surface area contributed by atoms with E-state index in [-0.39, 0.29) is 16.9 Å². The summed E-state index contributed by atoms with van der Waals surface area (Å²) in [6, 6.07) is 3.27. The van der Waals surface area contributed by atoms with Gasteiger partial charge in [0.2, 0.25) is 0 Å². The van der Waals surface area contributed by atoms with Crippen molar-refractivity contribution in [3.8, 4) is 0 Å². The lowest BCUT2D eigenvalue weighted by molar-refractivity contribution is -0.137. The van der Waals surface area contributed by atoms with E-state index < -0.39 is 17.9 Å². The number of aromatic amines is 1. The Morgan fingerprint density at radius 1 is 1.09 bits per heavy atom. The van der Waals surface area contributed by atoms with Crippen LogP contribution in [0.5, 0.6) is 0 Å². The first kappa shape index (κ1) is 16.9. The number of benzene rings is 1. The van der Waals surface area contributed by atoms with E-state index in [1.165, 1.54) is 39.2 Å². The van der Waals surface area contributed by atoms with E-state index in [0.29, 0.717) is 15.8 Å². The SMILES string of the molecule is COC(=O)CSc1cc(C(=O)OC)c(C(=O)OC)c2[nH]ccc12. The van der Waals surface area contributed by atoms with Crippen molar-refractivity contribution in [1.82, 2.24) is 4.98 Å². The number of nitrogens with one attached hydrogen (secondary N) is 1. The molecule has 0 aliphatic rings. The van der Waals surface area contributed by atoms with Crippen molar-refractivity contribution < 1.29 is 28.6 Å². The molecule has 23 heavy (non-hydrogen) atoms. The predicted molar refractivity (Wildman–Crippen MR) is 83.7 cm³/mol. The number of ether oxygens (including phenoxy) is 3. The Morgan fingerprint density at radius 2 is 1.78 bits per heavy atom. The zero-order valence-corrected chi connectivity index (χ0v) is 13.6. The summed E-state index contributed by atoms with van der Waals surface area (Å²) >= 11 is 1.20. The molecular formula is C15H15NO6S. The maximum atomic E-state index is 12.1. The maximum Gasteiger partial charge on any atom is 0.340 e. The average molecular weight is 337 g/mol. The second kappa shape index (κ2) is 7.19. The molecule has 1 heterocycles. The molecule has 1 aromatic heterocycles. The first-order chi connectivity index (χ1) is 11.0. The molecule has 122 valence electrons. The average Bonchev–Trinajstić information content (AvgIpc) is 3.06. The molecule has 2 aromatic rings. The van der Waals surface area contributed by atoms with Crippen molar-refractivity contribution in [2.75, 3.05) is 27.1 Å². The largest absolute Gasteiger partial charge is 0.468 e. The molecule has 1 N–H and O–H groups in total. The minimum absolute atomic E-state index is 0.0710. The lowest BCUT2D eigenvalue weighted by Gasteiger charge is -2.11. The summed E-state index contributed by atoms with van der Waals surface area (Å²) in [5, 5.41) is 0.701. The normalized spacial score (nSPS) is 10.4. The second-order valence-corrected chi connectivity index (χ2v) is 5.43. The van der Waals surface area contributed by atoms with Crippen LogP contribution in [0.4, 0.5) is 0 Å². The van der Waals surface area contributed by atoms with Gasteiger partial charge in [-0.05, 0) is 12.1 Å². The molecule has 0 radical (unpaired) electrons. The molecule has 0 unspecified atom stereocenters. The predicted octanol–water partition coefficient (Wildman–Crippen LogP) is 2.01. The van der Waals surface area contributed by atoms with Crippen LogP contribution in [0.2, 0.25) is 0 Å². The van der Waals surface area contributed by atoms with Gasteiger partial charge in [0, 0.05) is 16.5 Å². The summed E-state index contributed by atoms with van der Waals surface area (Å²) in [5.74, 6) is -1.63. The fourth-order valence-electron chi connectivity index (χ4n) is 2.10. The van der Waals surface area contributed by atoms with Gasteiger partial charge in [-0.3, -0.25) is 4.79 Å². The Balaban J connectivity index is 2.61. The third-order valence-corrected chi connectivity index (χ3v) is 4.20. The first-order valence-electron chi connectivity index (χ1n) is 6.53. The maximum absolute atomic E-state index is 12.1. The highest BCUT2D eigenvalue weighted by atomic mass is 32.2. The Labute approximate surface area is 136 Å². The van der Waals surface area contributed by atoms with Crippen molar-refractivity contribution >= 4 is 40.6 Å². The fraction of sp³-hybridized carbons (Fsp3) is 0.267. The van der Waals surface area contributed by atoms with Crippen molar-refractivity contribution in [2.24, 2.45) is 0 Å². The van der Waals surface area contributed by atoms with E-state index in [2.05, 4.69) is 9.72 Å². The molecule has 0 atom stereocenters. The summed E-state index contributed by atoms with van der Waals surface area (Å²) in [5.41, 5.74) is 0.621. The second-order valence-electron chi connectivity index (χ2n) is 4.41. The molecule has 0 saturated carbocycles. The van der Waals surface area contributed by atoms with E-state index in [1.54, 1.807) is 12.3 Å². The summed E-state index contributed by atoms with van der Waals surface area (Å²) in [4.78, 5) is 39.0. The van der Waals surface area contributed by atoms with E-state index in [0.717, 1.165) is 0 Å². The van der Waals surface area contributed by atoms with Crippen LogP contribution in [0.3, 0.4) is 0 Å². The van der Waals surface area contributed by atoms with Gasteiger partial charge in [0.15, 0.2) is 0 Å².